The number of aryl methyl sites for hydroxylation is 1. The largest absolute Gasteiger partial charge is 0.397 e. The van der Waals surface area contributed by atoms with E-state index in [0.29, 0.717) is 6.42 Å². The molecule has 2 aliphatic heterocycles. The van der Waals surface area contributed by atoms with Gasteiger partial charge in [0.1, 0.15) is 0 Å². The van der Waals surface area contributed by atoms with Gasteiger partial charge in [-0.05, 0) is 36.3 Å². The zero-order valence-corrected chi connectivity index (χ0v) is 11.8. The minimum absolute atomic E-state index is 0.106. The Morgan fingerprint density at radius 1 is 1.21 bits per heavy atom. The smallest absolute Gasteiger partial charge is 0.224 e. The van der Waals surface area contributed by atoms with Crippen molar-refractivity contribution in [3.63, 3.8) is 0 Å². The fourth-order valence-electron chi connectivity index (χ4n) is 2.70. The maximum Gasteiger partial charge on any atom is 0.224 e. The lowest BCUT2D eigenvalue weighted by Gasteiger charge is -2.27. The molecule has 0 aliphatic carbocycles. The zero-order valence-electron chi connectivity index (χ0n) is 10.9. The summed E-state index contributed by atoms with van der Waals surface area (Å²) in [4.78, 5) is 13.8. The number of fused-ring (bicyclic) bond motifs is 1. The summed E-state index contributed by atoms with van der Waals surface area (Å²) in [7, 11) is 0. The number of hydrogen-bond acceptors (Lipinski definition) is 4. The molecule has 0 radical (unpaired) electrons. The summed E-state index contributed by atoms with van der Waals surface area (Å²) in [6.07, 6.45) is 2.54. The van der Waals surface area contributed by atoms with Crippen LogP contribution in [-0.4, -0.2) is 30.5 Å². The fraction of sp³-hybridized carbons (Fsp3) is 0.500. The number of hydrogen-bond donors (Lipinski definition) is 2. The number of rotatable bonds is 1. The first-order valence-corrected chi connectivity index (χ1v) is 7.94. The van der Waals surface area contributed by atoms with Crippen molar-refractivity contribution in [2.45, 2.75) is 19.3 Å². The number of nitrogens with one attached hydrogen (secondary N) is 1. The molecule has 1 fully saturated rings. The monoisotopic (exact) mass is 277 g/mol. The molecule has 2 aliphatic rings. The molecule has 1 aromatic carbocycles. The highest BCUT2D eigenvalue weighted by Crippen LogP contribution is 2.34. The topological polar surface area (TPSA) is 58.4 Å². The molecule has 3 rings (SSSR count). The number of nitrogen functional groups attached to an aromatic ring is 1. The summed E-state index contributed by atoms with van der Waals surface area (Å²) < 4.78 is 0. The third-order valence-corrected chi connectivity index (χ3v) is 4.76. The first kappa shape index (κ1) is 12.7. The van der Waals surface area contributed by atoms with Crippen LogP contribution in [-0.2, 0) is 11.2 Å². The van der Waals surface area contributed by atoms with Crippen LogP contribution in [0, 0.1) is 0 Å². The summed E-state index contributed by atoms with van der Waals surface area (Å²) in [6.45, 7) is 2.07. The first-order chi connectivity index (χ1) is 9.24. The summed E-state index contributed by atoms with van der Waals surface area (Å²) in [5.41, 5.74) is 10.2. The van der Waals surface area contributed by atoms with Crippen molar-refractivity contribution >= 4 is 34.7 Å². The summed E-state index contributed by atoms with van der Waals surface area (Å²) in [5, 5.41) is 2.96. The van der Waals surface area contributed by atoms with Gasteiger partial charge in [0.05, 0.1) is 11.4 Å². The standard InChI is InChI=1S/C14H19N3OS/c15-11-8-10-2-3-14(18)16-12(10)9-13(11)17-4-1-6-19-7-5-17/h8-9H,1-7,15H2,(H,16,18). The van der Waals surface area contributed by atoms with Crippen LogP contribution in [0.2, 0.25) is 0 Å². The lowest BCUT2D eigenvalue weighted by Crippen LogP contribution is -2.27. The lowest BCUT2D eigenvalue weighted by molar-refractivity contribution is -0.116. The van der Waals surface area contributed by atoms with Gasteiger partial charge in [-0.3, -0.25) is 4.79 Å². The third kappa shape index (κ3) is 2.66. The van der Waals surface area contributed by atoms with Gasteiger partial charge in [0.25, 0.3) is 0 Å². The molecule has 1 aromatic rings. The molecule has 0 saturated carbocycles. The minimum atomic E-state index is 0.106. The van der Waals surface area contributed by atoms with Crippen LogP contribution in [0.5, 0.6) is 0 Å². The van der Waals surface area contributed by atoms with E-state index in [1.807, 2.05) is 17.8 Å². The van der Waals surface area contributed by atoms with E-state index in [1.165, 1.54) is 12.2 Å². The van der Waals surface area contributed by atoms with E-state index in [0.717, 1.165) is 47.9 Å². The van der Waals surface area contributed by atoms with Crippen LogP contribution in [0.25, 0.3) is 0 Å². The predicted molar refractivity (Wildman–Crippen MR) is 82.0 cm³/mol. The van der Waals surface area contributed by atoms with E-state index in [-0.39, 0.29) is 5.91 Å². The molecule has 1 saturated heterocycles. The molecule has 0 bridgehead atoms. The van der Waals surface area contributed by atoms with Gasteiger partial charge in [0, 0.05) is 31.0 Å². The fourth-order valence-corrected chi connectivity index (χ4v) is 3.58. The average molecular weight is 277 g/mol. The third-order valence-electron chi connectivity index (χ3n) is 3.71. The van der Waals surface area contributed by atoms with Gasteiger partial charge in [-0.25, -0.2) is 0 Å². The van der Waals surface area contributed by atoms with Gasteiger partial charge in [-0.1, -0.05) is 0 Å². The molecular formula is C14H19N3OS. The number of nitrogens with zero attached hydrogens (tertiary/aromatic N) is 1. The Hall–Kier alpha value is -1.36. The second kappa shape index (κ2) is 5.33. The summed E-state index contributed by atoms with van der Waals surface area (Å²) in [5.74, 6) is 2.47. The van der Waals surface area contributed by atoms with Gasteiger partial charge in [0.2, 0.25) is 5.91 Å². The molecular weight excluding hydrogens is 258 g/mol. The Balaban J connectivity index is 1.92. The van der Waals surface area contributed by atoms with Crippen molar-refractivity contribution in [1.29, 1.82) is 0 Å². The number of carbonyl (C=O) groups excluding carboxylic acids is 1. The van der Waals surface area contributed by atoms with Gasteiger partial charge < -0.3 is 16.0 Å². The van der Waals surface area contributed by atoms with Crippen LogP contribution in [0.1, 0.15) is 18.4 Å². The summed E-state index contributed by atoms with van der Waals surface area (Å²) >= 11 is 2.00. The number of benzene rings is 1. The van der Waals surface area contributed by atoms with Gasteiger partial charge in [0.15, 0.2) is 0 Å². The van der Waals surface area contributed by atoms with Crippen molar-refractivity contribution in [2.75, 3.05) is 40.5 Å². The summed E-state index contributed by atoms with van der Waals surface area (Å²) in [6, 6.07) is 4.08. The first-order valence-electron chi connectivity index (χ1n) is 6.79. The highest BCUT2D eigenvalue weighted by Gasteiger charge is 2.19. The molecule has 1 amide bonds. The Morgan fingerprint density at radius 2 is 2.11 bits per heavy atom. The second-order valence-electron chi connectivity index (χ2n) is 5.07. The van der Waals surface area contributed by atoms with Crippen LogP contribution in [0.3, 0.4) is 0 Å². The SMILES string of the molecule is Nc1cc2c(cc1N1CCCSCC1)NC(=O)CC2. The molecule has 0 unspecified atom stereocenters. The highest BCUT2D eigenvalue weighted by molar-refractivity contribution is 7.99. The number of amides is 1. The molecule has 4 nitrogen and oxygen atoms in total. The molecule has 0 spiro atoms. The molecule has 0 aromatic heterocycles. The zero-order chi connectivity index (χ0) is 13.2. The number of carbonyl (C=O) groups is 1. The van der Waals surface area contributed by atoms with Crippen LogP contribution < -0.4 is 16.0 Å². The van der Waals surface area contributed by atoms with Crippen molar-refractivity contribution in [3.8, 4) is 0 Å². The van der Waals surface area contributed by atoms with Gasteiger partial charge >= 0.3 is 0 Å². The molecule has 2 heterocycles. The van der Waals surface area contributed by atoms with Crippen molar-refractivity contribution in [2.24, 2.45) is 0 Å². The van der Waals surface area contributed by atoms with Crippen LogP contribution in [0.4, 0.5) is 17.1 Å². The predicted octanol–water partition coefficient (Wildman–Crippen LogP) is 2.10. The van der Waals surface area contributed by atoms with Crippen molar-refractivity contribution in [1.82, 2.24) is 0 Å². The van der Waals surface area contributed by atoms with E-state index in [9.17, 15) is 4.79 Å². The minimum Gasteiger partial charge on any atom is -0.397 e. The quantitative estimate of drug-likeness (QED) is 0.772. The van der Waals surface area contributed by atoms with Crippen LogP contribution in [0.15, 0.2) is 12.1 Å². The van der Waals surface area contributed by atoms with E-state index >= 15 is 0 Å². The molecule has 0 atom stereocenters. The number of anilines is 3. The van der Waals surface area contributed by atoms with Crippen molar-refractivity contribution in [3.05, 3.63) is 17.7 Å². The molecule has 102 valence electrons. The maximum atomic E-state index is 11.5. The number of nitrogens with two attached hydrogens (primary N) is 1. The molecule has 19 heavy (non-hydrogen) atoms. The normalized spacial score (nSPS) is 19.6. The van der Waals surface area contributed by atoms with E-state index < -0.39 is 0 Å². The van der Waals surface area contributed by atoms with Crippen molar-refractivity contribution < 1.29 is 4.79 Å². The Labute approximate surface area is 117 Å². The van der Waals surface area contributed by atoms with Gasteiger partial charge in [-0.2, -0.15) is 11.8 Å². The Kier molecular flexibility index (Phi) is 3.55. The number of thioether (sulfide) groups is 1. The highest BCUT2D eigenvalue weighted by atomic mass is 32.2. The van der Waals surface area contributed by atoms with E-state index in [4.69, 9.17) is 5.73 Å². The molecule has 5 heteroatoms. The molecule has 3 N–H and O–H groups in total. The Morgan fingerprint density at radius 3 is 3.00 bits per heavy atom. The Bertz CT molecular complexity index is 496. The maximum absolute atomic E-state index is 11.5. The average Bonchev–Trinajstić information content (AvgIpc) is 2.67. The van der Waals surface area contributed by atoms with E-state index in [1.54, 1.807) is 0 Å². The van der Waals surface area contributed by atoms with Crippen LogP contribution >= 0.6 is 11.8 Å². The van der Waals surface area contributed by atoms with Gasteiger partial charge in [-0.15, -0.1) is 0 Å². The second-order valence-corrected chi connectivity index (χ2v) is 6.29. The van der Waals surface area contributed by atoms with E-state index in [2.05, 4.69) is 16.3 Å². The lowest BCUT2D eigenvalue weighted by atomic mass is 10.0.